The minimum Gasteiger partial charge on any atom is -0.328 e. The number of benzene rings is 1. The van der Waals surface area contributed by atoms with E-state index in [0.717, 1.165) is 0 Å². The van der Waals surface area contributed by atoms with Crippen molar-refractivity contribution < 1.29 is 9.00 Å². The fraction of sp³-hybridized carbons (Fsp3) is 0. The van der Waals surface area contributed by atoms with Gasteiger partial charge in [-0.05, 0) is 30.1 Å². The molecule has 0 radical (unpaired) electrons. The average molecular weight is 377 g/mol. The summed E-state index contributed by atoms with van der Waals surface area (Å²) in [4.78, 5) is 30.4. The molecule has 2 aromatic heterocycles. The van der Waals surface area contributed by atoms with Gasteiger partial charge in [0.1, 0.15) is 0 Å². The molecule has 0 fully saturated rings. The van der Waals surface area contributed by atoms with Crippen molar-refractivity contribution in [3.63, 3.8) is 0 Å². The number of H-pyrrole nitrogens is 1. The standard InChI is InChI=1S/C20H15N3O3S/c1-27(26,18-5-3-2-4-6-18)23-20(25)17-11-16(12-21-14-17)8-7-15-9-10-19(24)22-13-15/h2-6,9-14H,1H2,(H,22,24)(H,23,25,26). The molecule has 0 saturated carbocycles. The summed E-state index contributed by atoms with van der Waals surface area (Å²) < 4.78 is 15.1. The van der Waals surface area contributed by atoms with Crippen LogP contribution in [0.1, 0.15) is 21.5 Å². The van der Waals surface area contributed by atoms with Gasteiger partial charge in [-0.1, -0.05) is 30.0 Å². The van der Waals surface area contributed by atoms with Gasteiger partial charge in [-0.2, -0.15) is 0 Å². The molecule has 0 aliphatic heterocycles. The molecule has 6 nitrogen and oxygen atoms in total. The number of carbonyl (C=O) groups excluding carboxylic acids is 1. The first kappa shape index (κ1) is 18.2. The summed E-state index contributed by atoms with van der Waals surface area (Å²) in [6.07, 6.45) is 4.37. The number of aromatic amines is 1. The van der Waals surface area contributed by atoms with E-state index in [2.05, 4.69) is 32.4 Å². The van der Waals surface area contributed by atoms with Gasteiger partial charge in [-0.25, -0.2) is 4.21 Å². The molecule has 1 unspecified atom stereocenters. The molecule has 3 aromatic rings. The van der Waals surface area contributed by atoms with Crippen LogP contribution in [-0.2, 0) is 9.71 Å². The van der Waals surface area contributed by atoms with Crippen molar-refractivity contribution in [2.45, 2.75) is 4.90 Å². The van der Waals surface area contributed by atoms with E-state index in [0.29, 0.717) is 16.0 Å². The summed E-state index contributed by atoms with van der Waals surface area (Å²) in [6.45, 7) is 0. The third-order valence-corrected chi connectivity index (χ3v) is 5.07. The number of hydrogen-bond donors (Lipinski definition) is 2. The van der Waals surface area contributed by atoms with E-state index in [4.69, 9.17) is 0 Å². The predicted octanol–water partition coefficient (Wildman–Crippen LogP) is 1.59. The van der Waals surface area contributed by atoms with Crippen LogP contribution < -0.4 is 10.3 Å². The molecule has 0 bridgehead atoms. The highest BCUT2D eigenvalue weighted by molar-refractivity contribution is 7.99. The molecule has 2 N–H and O–H groups in total. The van der Waals surface area contributed by atoms with Gasteiger partial charge >= 0.3 is 0 Å². The van der Waals surface area contributed by atoms with Gasteiger partial charge in [0.05, 0.1) is 15.3 Å². The number of rotatable bonds is 3. The number of carbonyl (C=O) groups is 1. The van der Waals surface area contributed by atoms with Gasteiger partial charge in [-0.15, -0.1) is 0 Å². The van der Waals surface area contributed by atoms with Gasteiger partial charge in [0.15, 0.2) is 0 Å². The molecule has 1 amide bonds. The zero-order valence-electron chi connectivity index (χ0n) is 14.1. The molecule has 1 atom stereocenters. The Hall–Kier alpha value is -3.63. The fourth-order valence-electron chi connectivity index (χ4n) is 2.17. The van der Waals surface area contributed by atoms with Gasteiger partial charge in [-0.3, -0.25) is 19.3 Å². The number of aromatic nitrogens is 2. The molecule has 7 heteroatoms. The lowest BCUT2D eigenvalue weighted by Crippen LogP contribution is -2.30. The van der Waals surface area contributed by atoms with Crippen molar-refractivity contribution >= 4 is 21.5 Å². The molecule has 134 valence electrons. The second kappa shape index (κ2) is 7.72. The van der Waals surface area contributed by atoms with Gasteiger partial charge in [0.25, 0.3) is 5.91 Å². The second-order valence-corrected chi connectivity index (χ2v) is 7.60. The molecular formula is C20H15N3O3S. The highest BCUT2D eigenvalue weighted by Gasteiger charge is 2.13. The summed E-state index contributed by atoms with van der Waals surface area (Å²) in [7, 11) is -2.98. The maximum Gasteiger partial charge on any atom is 0.264 e. The number of hydrogen-bond acceptors (Lipinski definition) is 4. The van der Waals surface area contributed by atoms with Gasteiger partial charge < -0.3 is 4.98 Å². The second-order valence-electron chi connectivity index (χ2n) is 5.57. The largest absolute Gasteiger partial charge is 0.328 e. The SMILES string of the molecule is C=S(=O)(NC(=O)c1cncc(C#Cc2ccc(=O)[nH]c2)c1)c1ccccc1. The van der Waals surface area contributed by atoms with E-state index < -0.39 is 15.6 Å². The van der Waals surface area contributed by atoms with Crippen molar-refractivity contribution in [1.82, 2.24) is 14.7 Å². The Morgan fingerprint density at radius 1 is 1.07 bits per heavy atom. The maximum atomic E-state index is 12.7. The molecule has 0 aliphatic rings. The van der Waals surface area contributed by atoms with E-state index in [1.807, 2.05) is 0 Å². The predicted molar refractivity (Wildman–Crippen MR) is 105 cm³/mol. The molecule has 0 saturated heterocycles. The molecule has 27 heavy (non-hydrogen) atoms. The van der Waals surface area contributed by atoms with Crippen molar-refractivity contribution in [1.29, 1.82) is 0 Å². The highest BCUT2D eigenvalue weighted by atomic mass is 32.2. The lowest BCUT2D eigenvalue weighted by atomic mass is 10.2. The quantitative estimate of drug-likeness (QED) is 0.536. The van der Waals surface area contributed by atoms with E-state index in [-0.39, 0.29) is 11.1 Å². The molecule has 0 spiro atoms. The summed E-state index contributed by atoms with van der Waals surface area (Å²) in [5, 5.41) is 0. The van der Waals surface area contributed by atoms with Crippen molar-refractivity contribution in [3.8, 4) is 11.8 Å². The Kier molecular flexibility index (Phi) is 5.20. The van der Waals surface area contributed by atoms with Crippen LogP contribution in [0.4, 0.5) is 0 Å². The normalized spacial score (nSPS) is 12.3. The number of nitrogens with zero attached hydrogens (tertiary/aromatic N) is 1. The third kappa shape index (κ3) is 4.71. The monoisotopic (exact) mass is 377 g/mol. The lowest BCUT2D eigenvalue weighted by molar-refractivity contribution is 0.0982. The Morgan fingerprint density at radius 2 is 1.81 bits per heavy atom. The molecule has 3 rings (SSSR count). The topological polar surface area (TPSA) is 91.9 Å². The minimum absolute atomic E-state index is 0.212. The first-order valence-electron chi connectivity index (χ1n) is 7.84. The van der Waals surface area contributed by atoms with Crippen LogP contribution in [0.5, 0.6) is 0 Å². The first-order valence-corrected chi connectivity index (χ1v) is 9.57. The molecule has 1 aromatic carbocycles. The summed E-state index contributed by atoms with van der Waals surface area (Å²) in [5.74, 6) is 8.81. The molecule has 0 aliphatic carbocycles. The highest BCUT2D eigenvalue weighted by Crippen LogP contribution is 2.09. The Balaban J connectivity index is 1.80. The Morgan fingerprint density at radius 3 is 2.52 bits per heavy atom. The zero-order chi connectivity index (χ0) is 19.3. The van der Waals surface area contributed by atoms with E-state index >= 15 is 0 Å². The summed E-state index contributed by atoms with van der Waals surface area (Å²) in [6, 6.07) is 13.0. The first-order chi connectivity index (χ1) is 12.9. The zero-order valence-corrected chi connectivity index (χ0v) is 15.0. The van der Waals surface area contributed by atoms with Gasteiger partial charge in [0, 0.05) is 40.7 Å². The Bertz CT molecular complexity index is 1180. The van der Waals surface area contributed by atoms with Crippen LogP contribution in [0.3, 0.4) is 0 Å². The average Bonchev–Trinajstić information content (AvgIpc) is 2.68. The van der Waals surface area contributed by atoms with Crippen LogP contribution >= 0.6 is 0 Å². The fourth-order valence-corrected chi connectivity index (χ4v) is 3.30. The van der Waals surface area contributed by atoms with E-state index in [1.54, 1.807) is 42.5 Å². The summed E-state index contributed by atoms with van der Waals surface area (Å²) >= 11 is 0. The van der Waals surface area contributed by atoms with Crippen molar-refractivity contribution in [3.05, 3.63) is 94.2 Å². The van der Waals surface area contributed by atoms with Crippen LogP contribution in [-0.4, -0.2) is 26.0 Å². The van der Waals surface area contributed by atoms with E-state index in [9.17, 15) is 13.8 Å². The van der Waals surface area contributed by atoms with Crippen LogP contribution in [0.2, 0.25) is 0 Å². The number of amides is 1. The lowest BCUT2D eigenvalue weighted by Gasteiger charge is -2.11. The molecular weight excluding hydrogens is 362 g/mol. The van der Waals surface area contributed by atoms with Gasteiger partial charge in [0.2, 0.25) is 5.56 Å². The number of pyridine rings is 2. The van der Waals surface area contributed by atoms with Crippen molar-refractivity contribution in [2.75, 3.05) is 0 Å². The minimum atomic E-state index is -2.98. The van der Waals surface area contributed by atoms with Crippen LogP contribution in [0.15, 0.2) is 76.8 Å². The number of nitrogens with one attached hydrogen (secondary N) is 2. The van der Waals surface area contributed by atoms with Crippen LogP contribution in [0.25, 0.3) is 0 Å². The Labute approximate surface area is 156 Å². The maximum absolute atomic E-state index is 12.7. The van der Waals surface area contributed by atoms with E-state index in [1.165, 1.54) is 24.7 Å². The van der Waals surface area contributed by atoms with Crippen molar-refractivity contribution in [2.24, 2.45) is 0 Å². The third-order valence-electron chi connectivity index (χ3n) is 3.52. The summed E-state index contributed by atoms with van der Waals surface area (Å²) in [5.41, 5.74) is 1.13. The molecule has 2 heterocycles. The van der Waals surface area contributed by atoms with Crippen LogP contribution in [0, 0.1) is 11.8 Å². The smallest absolute Gasteiger partial charge is 0.264 e.